The lowest BCUT2D eigenvalue weighted by Crippen LogP contribution is -2.26. The average Bonchev–Trinajstić information content (AvgIpc) is 3.65. The molecule has 0 radical (unpaired) electrons. The highest BCUT2D eigenvalue weighted by Crippen LogP contribution is 2.32. The third kappa shape index (κ3) is 15.2. The van der Waals surface area contributed by atoms with E-state index in [0.717, 1.165) is 72.8 Å². The summed E-state index contributed by atoms with van der Waals surface area (Å²) in [6.45, 7) is 0. The summed E-state index contributed by atoms with van der Waals surface area (Å²) in [7, 11) is -11.3. The molecule has 0 aliphatic heterocycles. The van der Waals surface area contributed by atoms with Crippen LogP contribution in [-0.2, 0) is 68.7 Å². The number of carbonyl (C=O) groups is 4. The van der Waals surface area contributed by atoms with Gasteiger partial charge >= 0.3 is 0 Å². The number of aryl methyl sites for hydroxylation is 4. The molecule has 84 heavy (non-hydrogen) atoms. The van der Waals surface area contributed by atoms with E-state index in [0.29, 0.717) is 0 Å². The molecule has 0 fully saturated rings. The number of nitrogens with zero attached hydrogens (tertiary/aromatic N) is 4. The molecule has 2 aliphatic carbocycles. The highest BCUT2D eigenvalue weighted by Gasteiger charge is 2.32. The Bertz CT molecular complexity index is 3970. The van der Waals surface area contributed by atoms with Crippen LogP contribution >= 0.6 is 0 Å². The fourth-order valence-electron chi connectivity index (χ4n) is 8.07. The van der Waals surface area contributed by atoms with E-state index in [1.54, 1.807) is 0 Å². The summed E-state index contributed by atoms with van der Waals surface area (Å²) in [4.78, 5) is 46.9. The van der Waals surface area contributed by atoms with Crippen LogP contribution in [0.5, 0.6) is 11.5 Å². The van der Waals surface area contributed by atoms with E-state index in [4.69, 9.17) is 10.2 Å². The number of benzene rings is 5. The fourth-order valence-corrected chi connectivity index (χ4v) is 10.1. The summed E-state index contributed by atoms with van der Waals surface area (Å²) in [5, 5.41) is 17.3. The van der Waals surface area contributed by atoms with Crippen LogP contribution in [0.25, 0.3) is 22.3 Å². The molecule has 0 spiro atoms. The lowest BCUT2D eigenvalue weighted by Gasteiger charge is -2.20. The van der Waals surface area contributed by atoms with E-state index < -0.39 is 83.2 Å². The van der Waals surface area contributed by atoms with Crippen molar-refractivity contribution in [3.8, 4) is 33.8 Å². The molecule has 22 nitrogen and oxygen atoms in total. The van der Waals surface area contributed by atoms with Gasteiger partial charge in [0.05, 0.1) is 19.6 Å². The number of rotatable bonds is 6. The summed E-state index contributed by atoms with van der Waals surface area (Å²) in [5.74, 6) is -2.66. The molecule has 4 aromatic heterocycles. The van der Waals surface area contributed by atoms with Crippen LogP contribution in [0, 0.1) is 0 Å². The highest BCUT2D eigenvalue weighted by atomic mass is 32.2. The van der Waals surface area contributed by atoms with Gasteiger partial charge < -0.3 is 28.4 Å². The lowest BCUT2D eigenvalue weighted by molar-refractivity contribution is -0.671. The zero-order chi connectivity index (χ0) is 61.6. The van der Waals surface area contributed by atoms with Gasteiger partial charge in [-0.3, -0.25) is 19.2 Å². The van der Waals surface area contributed by atoms with Crippen molar-refractivity contribution in [1.82, 2.24) is 0 Å². The molecule has 2 N–H and O–H groups in total. The molecule has 5 aromatic carbocycles. The Morgan fingerprint density at radius 2 is 0.440 bits per heavy atom. The van der Waals surface area contributed by atoms with Gasteiger partial charge in [0.1, 0.15) is 80.2 Å². The maximum absolute atomic E-state index is 12.5. The Morgan fingerprint density at radius 1 is 0.274 bits per heavy atom. The molecule has 9 aromatic rings. The van der Waals surface area contributed by atoms with Crippen molar-refractivity contribution in [3.05, 3.63) is 240 Å². The van der Waals surface area contributed by atoms with Gasteiger partial charge in [0.2, 0.25) is 0 Å². The van der Waals surface area contributed by atoms with E-state index in [-0.39, 0.29) is 56.0 Å². The van der Waals surface area contributed by atoms with Crippen molar-refractivity contribution >= 4 is 63.6 Å². The van der Waals surface area contributed by atoms with Crippen LogP contribution in [-0.4, -0.2) is 85.2 Å². The summed E-state index contributed by atoms with van der Waals surface area (Å²) < 4.78 is 141. The van der Waals surface area contributed by atoms with Gasteiger partial charge in [0, 0.05) is 93.0 Å². The van der Waals surface area contributed by atoms with Gasteiger partial charge in [0.15, 0.2) is 72.7 Å². The van der Waals surface area contributed by atoms with E-state index in [9.17, 15) is 71.1 Å². The third-order valence-corrected chi connectivity index (χ3v) is 15.8. The second kappa shape index (κ2) is 25.0. The SMILES string of the molecule is C[n+]1ccc(-c2cc[n+](C)cc2)cc1.C[n+]1ccc(-c2cc[n+](C)cc2)cc1.O=C1c2ccc(S(=O)(=O)[O-])cc2C(=O)c2cc(S(=O)(=O)[O-])ccc21.O=C1c2ccc(S(=O)(=O)[O-])cc2C(=O)c2cc(S(=O)(=O)[O-])ccc21.Oc1ccc(O)cc1. The normalized spacial score (nSPS) is 12.4. The first kappa shape index (κ1) is 62.2. The maximum atomic E-state index is 12.5. The molecule has 26 heteroatoms. The number of hydrogen-bond donors (Lipinski definition) is 2. The van der Waals surface area contributed by atoms with Gasteiger partial charge in [-0.25, -0.2) is 51.9 Å². The van der Waals surface area contributed by atoms with Crippen LogP contribution in [0.15, 0.2) is 215 Å². The average molecular weight is 1220 g/mol. The number of ketones is 4. The lowest BCUT2D eigenvalue weighted by atomic mass is 9.84. The molecule has 0 atom stereocenters. The number of phenols is 2. The number of carbonyl (C=O) groups excluding carboxylic acids is 4. The van der Waals surface area contributed by atoms with E-state index >= 15 is 0 Å². The van der Waals surface area contributed by atoms with Gasteiger partial charge in [-0.05, 0) is 119 Å². The number of aromatic hydroxyl groups is 2. The largest absolute Gasteiger partial charge is 0.744 e. The van der Waals surface area contributed by atoms with Crippen molar-refractivity contribution in [2.75, 3.05) is 0 Å². The topological polar surface area (TPSA) is 353 Å². The Morgan fingerprint density at radius 3 is 0.607 bits per heavy atom. The molecule has 2 aliphatic rings. The maximum Gasteiger partial charge on any atom is 0.194 e. The Hall–Kier alpha value is -9.38. The Kier molecular flexibility index (Phi) is 18.5. The third-order valence-electron chi connectivity index (χ3n) is 12.5. The predicted molar refractivity (Wildman–Crippen MR) is 290 cm³/mol. The Labute approximate surface area is 481 Å². The zero-order valence-corrected chi connectivity index (χ0v) is 47.6. The molecule has 0 bridgehead atoms. The van der Waals surface area contributed by atoms with E-state index in [1.165, 1.54) is 46.5 Å². The monoisotopic (exact) mass is 1210 g/mol. The van der Waals surface area contributed by atoms with E-state index in [1.807, 2.05) is 46.5 Å². The summed E-state index contributed by atoms with van der Waals surface area (Å²) in [6, 6.07) is 33.5. The molecular formula is C58H46N4O18S4. The van der Waals surface area contributed by atoms with Crippen LogP contribution < -0.4 is 18.3 Å². The molecule has 430 valence electrons. The fraction of sp³-hybridized carbons (Fsp3) is 0.0690. The quantitative estimate of drug-likeness (QED) is 0.136. The highest BCUT2D eigenvalue weighted by molar-refractivity contribution is 7.86. The molecular weight excluding hydrogens is 1170 g/mol. The first-order valence-corrected chi connectivity index (χ1v) is 29.8. The number of aromatic nitrogens is 4. The first-order valence-electron chi connectivity index (χ1n) is 24.2. The van der Waals surface area contributed by atoms with Crippen LogP contribution in [0.4, 0.5) is 0 Å². The zero-order valence-electron chi connectivity index (χ0n) is 44.3. The number of phenolic OH excluding ortho intramolecular Hbond substituents is 2. The molecule has 0 saturated carbocycles. The minimum absolute atomic E-state index is 0.113. The Balaban J connectivity index is 0.000000158. The van der Waals surface area contributed by atoms with Crippen LogP contribution in [0.1, 0.15) is 63.7 Å². The van der Waals surface area contributed by atoms with Crippen molar-refractivity contribution in [2.45, 2.75) is 19.6 Å². The number of pyridine rings is 4. The number of hydrogen-bond acceptors (Lipinski definition) is 18. The molecule has 0 saturated heterocycles. The van der Waals surface area contributed by atoms with Crippen LogP contribution in [0.2, 0.25) is 0 Å². The second-order valence-corrected chi connectivity index (χ2v) is 24.0. The van der Waals surface area contributed by atoms with Crippen molar-refractivity contribution < 1.29 is 99.5 Å². The van der Waals surface area contributed by atoms with Crippen molar-refractivity contribution in [1.29, 1.82) is 0 Å². The van der Waals surface area contributed by atoms with E-state index in [2.05, 4.69) is 98.1 Å². The second-order valence-electron chi connectivity index (χ2n) is 18.5. The minimum Gasteiger partial charge on any atom is -0.744 e. The standard InChI is InChI=1S/2C14H8O8S2.2C12H14N2.C6H6O2/c2*15-13-9-3-1-7(23(17,18)19)5-11(9)14(16)12-6-8(24(20,21)22)2-4-10(12)13;2*1-13-7-3-11(4-8-13)12-5-9-14(2)10-6-12;7-5-1-2-6(8)4-3-5/h2*1-6H,(H,17,18,19)(H,20,21,22);2*3-10H,1-2H3;1-4,7-8H/q;;2*+2;/p-4. The molecule has 11 rings (SSSR count). The predicted octanol–water partition coefficient (Wildman–Crippen LogP) is 3.64. The number of fused-ring (bicyclic) bond motifs is 4. The van der Waals surface area contributed by atoms with Gasteiger partial charge in [0.25, 0.3) is 0 Å². The van der Waals surface area contributed by atoms with Crippen LogP contribution in [0.3, 0.4) is 0 Å². The summed E-state index contributed by atoms with van der Waals surface area (Å²) in [5.41, 5.74) is 3.19. The molecule has 4 heterocycles. The van der Waals surface area contributed by atoms with Crippen molar-refractivity contribution in [2.24, 2.45) is 28.2 Å². The molecule has 0 amide bonds. The van der Waals surface area contributed by atoms with Gasteiger partial charge in [-0.2, -0.15) is 0 Å². The summed E-state index contributed by atoms with van der Waals surface area (Å²) in [6.07, 6.45) is 16.5. The van der Waals surface area contributed by atoms with Gasteiger partial charge in [-0.1, -0.05) is 0 Å². The molecule has 0 unspecified atom stereocenters. The van der Waals surface area contributed by atoms with Gasteiger partial charge in [-0.15, -0.1) is 0 Å². The smallest absolute Gasteiger partial charge is 0.194 e. The minimum atomic E-state index is -4.85. The summed E-state index contributed by atoms with van der Waals surface area (Å²) >= 11 is 0. The van der Waals surface area contributed by atoms with Crippen molar-refractivity contribution in [3.63, 3.8) is 0 Å². The first-order chi connectivity index (χ1) is 39.3.